The lowest BCUT2D eigenvalue weighted by Gasteiger charge is -2.13. The molecule has 0 rings (SSSR count). The third-order valence-electron chi connectivity index (χ3n) is 1.86. The third-order valence-corrected chi connectivity index (χ3v) is 2.55. The molecule has 2 unspecified atom stereocenters. The Balaban J connectivity index is 4.71. The van der Waals surface area contributed by atoms with Crippen LogP contribution in [0.4, 0.5) is 0 Å². The molecule has 5 N–H and O–H groups in total. The Morgan fingerprint density at radius 1 is 1.19 bits per heavy atom. The minimum absolute atomic E-state index is 0.577. The first-order valence-corrected chi connectivity index (χ1v) is 5.35. The Kier molecular flexibility index (Phi) is 5.61. The number of rotatable bonds is 7. The van der Waals surface area contributed by atoms with Crippen molar-refractivity contribution >= 4 is 28.9 Å². The summed E-state index contributed by atoms with van der Waals surface area (Å²) < 4.78 is 19.0. The second kappa shape index (κ2) is 6.18. The fourth-order valence-electron chi connectivity index (χ4n) is 1.03. The molecule has 8 nitrogen and oxygen atoms in total. The van der Waals surface area contributed by atoms with Crippen LogP contribution in [0.25, 0.3) is 0 Å². The van der Waals surface area contributed by atoms with Gasteiger partial charge in [0, 0.05) is 0 Å². The van der Waals surface area contributed by atoms with Gasteiger partial charge < -0.3 is 20.5 Å². The molecule has 0 radical (unpaired) electrons. The molecule has 92 valence electrons. The lowest BCUT2D eigenvalue weighted by atomic mass is 9.95. The number of amides is 1. The van der Waals surface area contributed by atoms with E-state index in [0.29, 0.717) is 0 Å². The van der Waals surface area contributed by atoms with Gasteiger partial charge in [-0.05, 0) is 6.42 Å². The summed E-state index contributed by atoms with van der Waals surface area (Å²) in [4.78, 5) is 31.8. The van der Waals surface area contributed by atoms with E-state index in [1.54, 1.807) is 0 Å². The second-order valence-corrected chi connectivity index (χ2v) is 4.03. The number of carbonyl (C=O) groups is 3. The minimum Gasteiger partial charge on any atom is -0.481 e. The van der Waals surface area contributed by atoms with Crippen LogP contribution >= 0.6 is 0 Å². The zero-order chi connectivity index (χ0) is 12.9. The Morgan fingerprint density at radius 3 is 1.88 bits per heavy atom. The van der Waals surface area contributed by atoms with Gasteiger partial charge in [0.05, 0.1) is 11.7 Å². The first-order valence-electron chi connectivity index (χ1n) is 4.08. The van der Waals surface area contributed by atoms with Gasteiger partial charge in [0.2, 0.25) is 5.91 Å². The molecule has 0 bridgehead atoms. The number of aliphatic carboxylic acids is 2. The second-order valence-electron chi connectivity index (χ2n) is 3.05. The van der Waals surface area contributed by atoms with Crippen molar-refractivity contribution in [3.63, 3.8) is 0 Å². The van der Waals surface area contributed by atoms with Crippen molar-refractivity contribution in [3.05, 3.63) is 0 Å². The highest BCUT2D eigenvalue weighted by Crippen LogP contribution is 2.14. The van der Waals surface area contributed by atoms with Crippen LogP contribution in [0.2, 0.25) is 0 Å². The molecule has 0 saturated carbocycles. The zero-order valence-electron chi connectivity index (χ0n) is 8.03. The van der Waals surface area contributed by atoms with Crippen molar-refractivity contribution in [2.75, 3.05) is 5.75 Å². The largest absolute Gasteiger partial charge is 0.481 e. The number of carbonyl (C=O) groups excluding carboxylic acids is 1. The molecule has 0 heterocycles. The Labute approximate surface area is 92.7 Å². The van der Waals surface area contributed by atoms with E-state index in [0.717, 1.165) is 0 Å². The van der Waals surface area contributed by atoms with Crippen molar-refractivity contribution in [2.24, 2.45) is 17.6 Å². The van der Waals surface area contributed by atoms with E-state index in [4.69, 9.17) is 20.5 Å². The van der Waals surface area contributed by atoms with Crippen LogP contribution < -0.4 is 5.73 Å². The van der Waals surface area contributed by atoms with Crippen LogP contribution in [0, 0.1) is 11.8 Å². The fourth-order valence-corrected chi connectivity index (χ4v) is 1.67. The summed E-state index contributed by atoms with van der Waals surface area (Å²) in [5, 5.41) is 17.1. The van der Waals surface area contributed by atoms with Crippen LogP contribution in [0.15, 0.2) is 0 Å². The van der Waals surface area contributed by atoms with E-state index in [-0.39, 0.29) is 0 Å². The van der Waals surface area contributed by atoms with Crippen molar-refractivity contribution in [1.82, 2.24) is 0 Å². The lowest BCUT2D eigenvalue weighted by molar-refractivity contribution is -0.155. The number of carboxylic acids is 2. The van der Waals surface area contributed by atoms with Gasteiger partial charge in [-0.1, -0.05) is 0 Å². The molecule has 0 saturated heterocycles. The molecule has 16 heavy (non-hydrogen) atoms. The number of hydrogen-bond donors (Lipinski definition) is 4. The molecule has 0 aromatic rings. The summed E-state index contributed by atoms with van der Waals surface area (Å²) in [6.07, 6.45) is -0.605. The maximum absolute atomic E-state index is 10.8. The lowest BCUT2D eigenvalue weighted by Crippen LogP contribution is -2.34. The molecule has 0 fully saturated rings. The predicted molar refractivity (Wildman–Crippen MR) is 51.7 cm³/mol. The summed E-state index contributed by atoms with van der Waals surface area (Å²) in [5.41, 5.74) is 4.86. The SMILES string of the molecule is NC(=O)C(CC(C(=O)O)C(=O)O)CS(=O)O. The van der Waals surface area contributed by atoms with E-state index in [1.807, 2.05) is 0 Å². The Morgan fingerprint density at radius 2 is 1.62 bits per heavy atom. The molecule has 0 aromatic heterocycles. The summed E-state index contributed by atoms with van der Waals surface area (Å²) in [7, 11) is 0. The molecular formula is C7H11NO7S. The average Bonchev–Trinajstić information content (AvgIpc) is 2.09. The predicted octanol–water partition coefficient (Wildman–Crippen LogP) is -1.51. The normalized spacial score (nSPS) is 14.4. The number of primary amides is 1. The topological polar surface area (TPSA) is 155 Å². The number of carboxylic acid groups (broad SMARTS) is 2. The van der Waals surface area contributed by atoms with E-state index >= 15 is 0 Å². The highest BCUT2D eigenvalue weighted by atomic mass is 32.2. The molecule has 0 aliphatic carbocycles. The standard InChI is InChI=1S/C7H11NO7S/c8-5(9)3(2-16(14)15)1-4(6(10)11)7(12)13/h3-4H,1-2H2,(H2,8,9)(H,10,11)(H,12,13)(H,14,15). The van der Waals surface area contributed by atoms with Gasteiger partial charge in [-0.3, -0.25) is 14.4 Å². The van der Waals surface area contributed by atoms with Gasteiger partial charge in [0.25, 0.3) is 0 Å². The van der Waals surface area contributed by atoms with E-state index < -0.39 is 52.9 Å². The minimum atomic E-state index is -2.35. The van der Waals surface area contributed by atoms with E-state index in [9.17, 15) is 18.6 Å². The Hall–Kier alpha value is -1.48. The first-order chi connectivity index (χ1) is 7.25. The molecule has 9 heteroatoms. The highest BCUT2D eigenvalue weighted by molar-refractivity contribution is 7.79. The van der Waals surface area contributed by atoms with Gasteiger partial charge in [-0.25, -0.2) is 4.21 Å². The number of nitrogens with two attached hydrogens (primary N) is 1. The van der Waals surface area contributed by atoms with Crippen molar-refractivity contribution in [2.45, 2.75) is 6.42 Å². The van der Waals surface area contributed by atoms with Crippen LogP contribution in [-0.4, -0.2) is 42.6 Å². The van der Waals surface area contributed by atoms with Crippen molar-refractivity contribution in [1.29, 1.82) is 0 Å². The van der Waals surface area contributed by atoms with E-state index in [1.165, 1.54) is 0 Å². The molecule has 2 atom stereocenters. The summed E-state index contributed by atoms with van der Waals surface area (Å²) in [5.74, 6) is -7.91. The van der Waals surface area contributed by atoms with Gasteiger partial charge in [-0.15, -0.1) is 0 Å². The monoisotopic (exact) mass is 253 g/mol. The summed E-state index contributed by atoms with van der Waals surface area (Å²) in [6, 6.07) is 0. The number of hydrogen-bond acceptors (Lipinski definition) is 4. The van der Waals surface area contributed by atoms with Gasteiger partial charge in [0.1, 0.15) is 0 Å². The average molecular weight is 253 g/mol. The van der Waals surface area contributed by atoms with Crippen LogP contribution in [0.3, 0.4) is 0 Å². The summed E-state index contributed by atoms with van der Waals surface area (Å²) >= 11 is -2.35. The first kappa shape index (κ1) is 14.5. The smallest absolute Gasteiger partial charge is 0.317 e. The molecule has 0 aliphatic rings. The zero-order valence-corrected chi connectivity index (χ0v) is 8.85. The molecule has 0 aromatic carbocycles. The molecule has 1 amide bonds. The molecule has 0 aliphatic heterocycles. The van der Waals surface area contributed by atoms with Crippen LogP contribution in [0.5, 0.6) is 0 Å². The fraction of sp³-hybridized carbons (Fsp3) is 0.571. The van der Waals surface area contributed by atoms with Crippen molar-refractivity contribution in [3.8, 4) is 0 Å². The maximum Gasteiger partial charge on any atom is 0.317 e. The highest BCUT2D eigenvalue weighted by Gasteiger charge is 2.32. The van der Waals surface area contributed by atoms with Gasteiger partial charge in [-0.2, -0.15) is 0 Å². The van der Waals surface area contributed by atoms with Gasteiger partial charge >= 0.3 is 11.9 Å². The van der Waals surface area contributed by atoms with E-state index in [2.05, 4.69) is 0 Å². The summed E-state index contributed by atoms with van der Waals surface area (Å²) in [6.45, 7) is 0. The molecule has 0 spiro atoms. The Bertz CT molecular complexity index is 315. The van der Waals surface area contributed by atoms with Crippen LogP contribution in [-0.2, 0) is 25.5 Å². The molecular weight excluding hydrogens is 242 g/mol. The quantitative estimate of drug-likeness (QED) is 0.317. The third kappa shape index (κ3) is 4.84. The maximum atomic E-state index is 10.8. The van der Waals surface area contributed by atoms with Gasteiger partial charge in [0.15, 0.2) is 17.0 Å². The van der Waals surface area contributed by atoms with Crippen LogP contribution in [0.1, 0.15) is 6.42 Å². The van der Waals surface area contributed by atoms with Crippen molar-refractivity contribution < 1.29 is 33.4 Å².